The molecule has 5 nitrogen and oxygen atoms in total. The van der Waals surface area contributed by atoms with Crippen LogP contribution in [-0.4, -0.2) is 22.2 Å². The molecule has 0 N–H and O–H groups in total. The van der Waals surface area contributed by atoms with E-state index >= 15 is 0 Å². The summed E-state index contributed by atoms with van der Waals surface area (Å²) in [7, 11) is 1.36. The third kappa shape index (κ3) is 4.46. The molecule has 0 saturated carbocycles. The minimum absolute atomic E-state index is 0.0968. The third-order valence-corrected chi connectivity index (χ3v) is 5.83. The van der Waals surface area contributed by atoms with Gasteiger partial charge in [0.2, 0.25) is 0 Å². The van der Waals surface area contributed by atoms with Gasteiger partial charge in [-0.15, -0.1) is 0 Å². The van der Waals surface area contributed by atoms with Crippen molar-refractivity contribution in [2.45, 2.75) is 26.4 Å². The fourth-order valence-corrected chi connectivity index (χ4v) is 4.16. The van der Waals surface area contributed by atoms with Crippen molar-refractivity contribution in [3.63, 3.8) is 0 Å². The number of carbonyl (C=O) groups excluding carboxylic acids is 1. The molecule has 0 fully saturated rings. The molecule has 0 aliphatic rings. The summed E-state index contributed by atoms with van der Waals surface area (Å²) in [5, 5.41) is 1.55. The molecule has 0 unspecified atom stereocenters. The average Bonchev–Trinajstić information content (AvgIpc) is 3.01. The number of benzene rings is 2. The molecule has 2 aromatic heterocycles. The molecule has 0 saturated heterocycles. The molecule has 0 spiro atoms. The van der Waals surface area contributed by atoms with Crippen molar-refractivity contribution >= 4 is 28.5 Å². The van der Waals surface area contributed by atoms with Crippen molar-refractivity contribution in [2.75, 3.05) is 7.11 Å². The molecule has 32 heavy (non-hydrogen) atoms. The first-order chi connectivity index (χ1) is 15.4. The Bertz CT molecular complexity index is 1370. The minimum Gasteiger partial charge on any atom is -0.468 e. The summed E-state index contributed by atoms with van der Waals surface area (Å²) in [6.45, 7) is 2.33. The molecule has 164 valence electrons. The van der Waals surface area contributed by atoms with Crippen molar-refractivity contribution in [3.05, 3.63) is 104 Å². The van der Waals surface area contributed by atoms with Crippen molar-refractivity contribution in [1.82, 2.24) is 9.13 Å². The summed E-state index contributed by atoms with van der Waals surface area (Å²) >= 11 is 6.26. The van der Waals surface area contributed by atoms with Crippen molar-refractivity contribution in [3.8, 4) is 0 Å². The number of ether oxygens (including phenoxy) is 1. The fourth-order valence-electron chi connectivity index (χ4n) is 3.99. The van der Waals surface area contributed by atoms with Crippen LogP contribution in [0.4, 0.5) is 4.39 Å². The van der Waals surface area contributed by atoms with E-state index in [0.717, 1.165) is 27.7 Å². The zero-order valence-corrected chi connectivity index (χ0v) is 18.5. The number of carbonyl (C=O) groups is 1. The number of halogens is 2. The van der Waals surface area contributed by atoms with E-state index < -0.39 is 0 Å². The maximum absolute atomic E-state index is 13.5. The van der Waals surface area contributed by atoms with Gasteiger partial charge in [-0.05, 0) is 53.9 Å². The van der Waals surface area contributed by atoms with E-state index in [1.807, 2.05) is 23.6 Å². The molecular formula is C25H22ClFN2O3. The second-order valence-electron chi connectivity index (χ2n) is 7.70. The lowest BCUT2D eigenvalue weighted by Gasteiger charge is -2.10. The summed E-state index contributed by atoms with van der Waals surface area (Å²) in [6, 6.07) is 15.1. The number of aromatic nitrogens is 2. The highest BCUT2D eigenvalue weighted by Crippen LogP contribution is 2.30. The number of pyridine rings is 1. The lowest BCUT2D eigenvalue weighted by atomic mass is 10.0. The Morgan fingerprint density at radius 3 is 2.66 bits per heavy atom. The van der Waals surface area contributed by atoms with E-state index in [1.165, 1.54) is 25.3 Å². The van der Waals surface area contributed by atoms with Gasteiger partial charge >= 0.3 is 5.97 Å². The highest BCUT2D eigenvalue weighted by Gasteiger charge is 2.17. The second-order valence-corrected chi connectivity index (χ2v) is 8.13. The summed E-state index contributed by atoms with van der Waals surface area (Å²) in [4.78, 5) is 24.3. The van der Waals surface area contributed by atoms with Crippen LogP contribution in [-0.2, 0) is 29.0 Å². The maximum Gasteiger partial charge on any atom is 0.325 e. The Balaban J connectivity index is 1.73. The highest BCUT2D eigenvalue weighted by atomic mass is 35.5. The Morgan fingerprint density at radius 2 is 1.91 bits per heavy atom. The lowest BCUT2D eigenvalue weighted by molar-refractivity contribution is -0.141. The van der Waals surface area contributed by atoms with E-state index in [-0.39, 0.29) is 30.4 Å². The predicted octanol–water partition coefficient (Wildman–Crippen LogP) is 4.72. The monoisotopic (exact) mass is 452 g/mol. The van der Waals surface area contributed by atoms with Gasteiger partial charge in [-0.1, -0.05) is 29.8 Å². The van der Waals surface area contributed by atoms with E-state index in [2.05, 4.69) is 0 Å². The second kappa shape index (κ2) is 9.01. The molecule has 2 heterocycles. The summed E-state index contributed by atoms with van der Waals surface area (Å²) in [5.74, 6) is -0.673. The lowest BCUT2D eigenvalue weighted by Crippen LogP contribution is -2.20. The molecule has 0 amide bonds. The van der Waals surface area contributed by atoms with Gasteiger partial charge in [0.25, 0.3) is 5.56 Å². The van der Waals surface area contributed by atoms with Crippen LogP contribution in [0.2, 0.25) is 5.02 Å². The largest absolute Gasteiger partial charge is 0.468 e. The number of fused-ring (bicyclic) bond motifs is 1. The van der Waals surface area contributed by atoms with E-state index in [4.69, 9.17) is 16.3 Å². The summed E-state index contributed by atoms with van der Waals surface area (Å²) < 4.78 is 21.9. The number of hydrogen-bond donors (Lipinski definition) is 0. The van der Waals surface area contributed by atoms with Crippen LogP contribution in [0.25, 0.3) is 10.9 Å². The molecule has 4 rings (SSSR count). The number of hydrogen-bond acceptors (Lipinski definition) is 3. The standard InChI is InChI=1S/C25H22ClFN2O3/c1-16-21(22-12-19(26)7-8-23(22)29(16)15-25(31)32-2)11-18-6-9-24(30)28(14-18)13-17-4-3-5-20(27)10-17/h3-10,12,14H,11,13,15H2,1-2H3. The van der Waals surface area contributed by atoms with Crippen LogP contribution in [0.15, 0.2) is 65.6 Å². The topological polar surface area (TPSA) is 53.2 Å². The van der Waals surface area contributed by atoms with Gasteiger partial charge in [-0.2, -0.15) is 0 Å². The molecular weight excluding hydrogens is 431 g/mol. The van der Waals surface area contributed by atoms with E-state index in [1.54, 1.807) is 35.0 Å². The Labute approximate surface area is 189 Å². The first-order valence-electron chi connectivity index (χ1n) is 10.1. The normalized spacial score (nSPS) is 11.1. The molecule has 2 aromatic carbocycles. The Hall–Kier alpha value is -3.38. The van der Waals surface area contributed by atoms with Crippen LogP contribution in [0, 0.1) is 12.7 Å². The summed E-state index contributed by atoms with van der Waals surface area (Å²) in [5.41, 5.74) is 4.30. The van der Waals surface area contributed by atoms with E-state index in [9.17, 15) is 14.0 Å². The quantitative estimate of drug-likeness (QED) is 0.398. The van der Waals surface area contributed by atoms with Crippen molar-refractivity contribution in [1.29, 1.82) is 0 Å². The van der Waals surface area contributed by atoms with Crippen molar-refractivity contribution in [2.24, 2.45) is 0 Å². The minimum atomic E-state index is -0.338. The van der Waals surface area contributed by atoms with Gasteiger partial charge in [0, 0.05) is 40.3 Å². The number of rotatable bonds is 6. The molecule has 7 heteroatoms. The maximum atomic E-state index is 13.5. The third-order valence-electron chi connectivity index (χ3n) is 5.60. The number of nitrogens with zero attached hydrogens (tertiary/aromatic N) is 2. The zero-order chi connectivity index (χ0) is 22.8. The zero-order valence-electron chi connectivity index (χ0n) is 17.8. The predicted molar refractivity (Wildman–Crippen MR) is 123 cm³/mol. The van der Waals surface area contributed by atoms with Crippen LogP contribution in [0.5, 0.6) is 0 Å². The number of esters is 1. The highest BCUT2D eigenvalue weighted by molar-refractivity contribution is 6.31. The van der Waals surface area contributed by atoms with Gasteiger partial charge in [-0.3, -0.25) is 9.59 Å². The molecule has 0 bridgehead atoms. The molecule has 0 atom stereocenters. The summed E-state index contributed by atoms with van der Waals surface area (Å²) in [6.07, 6.45) is 2.33. The Morgan fingerprint density at radius 1 is 1.09 bits per heavy atom. The fraction of sp³-hybridized carbons (Fsp3) is 0.200. The first kappa shape index (κ1) is 21.8. The van der Waals surface area contributed by atoms with Gasteiger partial charge in [0.15, 0.2) is 0 Å². The molecule has 0 radical (unpaired) electrons. The van der Waals surface area contributed by atoms with Crippen LogP contribution in [0.3, 0.4) is 0 Å². The van der Waals surface area contributed by atoms with Crippen LogP contribution < -0.4 is 5.56 Å². The molecule has 4 aromatic rings. The Kier molecular flexibility index (Phi) is 6.15. The molecule has 0 aliphatic carbocycles. The van der Waals surface area contributed by atoms with Crippen LogP contribution in [0.1, 0.15) is 22.4 Å². The average molecular weight is 453 g/mol. The number of methoxy groups -OCH3 is 1. The van der Waals surface area contributed by atoms with Gasteiger partial charge in [-0.25, -0.2) is 4.39 Å². The molecule has 0 aliphatic heterocycles. The van der Waals surface area contributed by atoms with Crippen molar-refractivity contribution < 1.29 is 13.9 Å². The van der Waals surface area contributed by atoms with Gasteiger partial charge in [0.1, 0.15) is 12.4 Å². The van der Waals surface area contributed by atoms with Gasteiger partial charge < -0.3 is 13.9 Å². The van der Waals surface area contributed by atoms with Gasteiger partial charge in [0.05, 0.1) is 13.7 Å². The van der Waals surface area contributed by atoms with E-state index in [0.29, 0.717) is 17.0 Å². The first-order valence-corrected chi connectivity index (χ1v) is 10.5. The van der Waals surface area contributed by atoms with Crippen LogP contribution >= 0.6 is 11.6 Å². The smallest absolute Gasteiger partial charge is 0.325 e. The SMILES string of the molecule is COC(=O)Cn1c(C)c(Cc2ccc(=O)n(Cc3cccc(F)c3)c2)c2cc(Cl)ccc21.